The minimum atomic E-state index is -3.50. The zero-order chi connectivity index (χ0) is 17.3. The van der Waals surface area contributed by atoms with Gasteiger partial charge < -0.3 is 10.0 Å². The van der Waals surface area contributed by atoms with E-state index in [-0.39, 0.29) is 23.8 Å². The van der Waals surface area contributed by atoms with E-state index in [0.717, 1.165) is 19.3 Å². The first-order valence-corrected chi connectivity index (χ1v) is 9.47. The molecular formula is C16H20N2O5S. The van der Waals surface area contributed by atoms with Gasteiger partial charge in [0.25, 0.3) is 0 Å². The van der Waals surface area contributed by atoms with E-state index in [1.54, 1.807) is 12.1 Å². The lowest BCUT2D eigenvalue weighted by Crippen LogP contribution is -2.35. The molecule has 24 heavy (non-hydrogen) atoms. The number of aliphatic carboxylic acids is 1. The molecule has 2 fully saturated rings. The van der Waals surface area contributed by atoms with Gasteiger partial charge in [0, 0.05) is 31.7 Å². The number of amides is 1. The second-order valence-electron chi connectivity index (χ2n) is 6.20. The predicted octanol–water partition coefficient (Wildman–Crippen LogP) is 1.30. The zero-order valence-corrected chi connectivity index (χ0v) is 14.0. The number of carboxylic acids is 1. The van der Waals surface area contributed by atoms with Crippen molar-refractivity contribution >= 4 is 27.6 Å². The number of benzene rings is 1. The number of carbonyl (C=O) groups excluding carboxylic acids is 1. The van der Waals surface area contributed by atoms with Crippen LogP contribution >= 0.6 is 0 Å². The largest absolute Gasteiger partial charge is 0.481 e. The summed E-state index contributed by atoms with van der Waals surface area (Å²) in [4.78, 5) is 24.6. The summed E-state index contributed by atoms with van der Waals surface area (Å²) in [5.41, 5.74) is 0.529. The SMILES string of the molecule is O=C(O)[C@H]1CC(=O)N(c2ccc(S(=O)(=O)N3CCCCC3)cc2)C1. The molecule has 8 heteroatoms. The van der Waals surface area contributed by atoms with Crippen LogP contribution in [0.2, 0.25) is 0 Å². The summed E-state index contributed by atoms with van der Waals surface area (Å²) in [6.07, 6.45) is 2.77. The van der Waals surface area contributed by atoms with Gasteiger partial charge >= 0.3 is 5.97 Å². The van der Waals surface area contributed by atoms with Gasteiger partial charge in [-0.15, -0.1) is 0 Å². The van der Waals surface area contributed by atoms with Gasteiger partial charge in [0.2, 0.25) is 15.9 Å². The molecule has 7 nitrogen and oxygen atoms in total. The molecule has 0 unspecified atom stereocenters. The van der Waals surface area contributed by atoms with Crippen LogP contribution in [-0.4, -0.2) is 49.3 Å². The molecule has 0 spiro atoms. The summed E-state index contributed by atoms with van der Waals surface area (Å²) >= 11 is 0. The monoisotopic (exact) mass is 352 g/mol. The number of piperidine rings is 1. The van der Waals surface area contributed by atoms with Gasteiger partial charge in [-0.25, -0.2) is 8.42 Å². The number of hydrogen-bond acceptors (Lipinski definition) is 4. The Morgan fingerprint density at radius 3 is 2.25 bits per heavy atom. The normalized spacial score (nSPS) is 22.8. The van der Waals surface area contributed by atoms with E-state index in [1.165, 1.54) is 21.3 Å². The molecule has 2 heterocycles. The van der Waals surface area contributed by atoms with Crippen LogP contribution in [0.15, 0.2) is 29.2 Å². The van der Waals surface area contributed by atoms with Crippen LogP contribution in [0.4, 0.5) is 5.69 Å². The van der Waals surface area contributed by atoms with Gasteiger partial charge in [-0.2, -0.15) is 4.31 Å². The molecule has 2 aliphatic rings. The summed E-state index contributed by atoms with van der Waals surface area (Å²) in [5.74, 6) is -1.96. The van der Waals surface area contributed by atoms with Gasteiger partial charge in [-0.3, -0.25) is 9.59 Å². The van der Waals surface area contributed by atoms with Gasteiger partial charge in [-0.05, 0) is 37.1 Å². The maximum Gasteiger partial charge on any atom is 0.308 e. The Hall–Kier alpha value is -1.93. The second kappa shape index (κ2) is 6.52. The molecule has 2 aliphatic heterocycles. The van der Waals surface area contributed by atoms with Crippen LogP contribution in [-0.2, 0) is 19.6 Å². The molecule has 3 rings (SSSR count). The highest BCUT2D eigenvalue weighted by Gasteiger charge is 2.35. The van der Waals surface area contributed by atoms with E-state index in [4.69, 9.17) is 5.11 Å². The fraction of sp³-hybridized carbons (Fsp3) is 0.500. The maximum absolute atomic E-state index is 12.6. The topological polar surface area (TPSA) is 95.0 Å². The van der Waals surface area contributed by atoms with Gasteiger partial charge in [0.05, 0.1) is 10.8 Å². The quantitative estimate of drug-likeness (QED) is 0.881. The highest BCUT2D eigenvalue weighted by molar-refractivity contribution is 7.89. The summed E-state index contributed by atoms with van der Waals surface area (Å²) < 4.78 is 26.7. The fourth-order valence-corrected chi connectivity index (χ4v) is 4.69. The number of sulfonamides is 1. The van der Waals surface area contributed by atoms with Crippen molar-refractivity contribution < 1.29 is 23.1 Å². The van der Waals surface area contributed by atoms with Crippen LogP contribution in [0, 0.1) is 5.92 Å². The summed E-state index contributed by atoms with van der Waals surface area (Å²) in [5, 5.41) is 9.03. The van der Waals surface area contributed by atoms with Gasteiger partial charge in [0.1, 0.15) is 0 Å². The van der Waals surface area contributed by atoms with Crippen LogP contribution in [0.3, 0.4) is 0 Å². The van der Waals surface area contributed by atoms with Crippen molar-refractivity contribution in [2.45, 2.75) is 30.6 Å². The Morgan fingerprint density at radius 2 is 1.71 bits per heavy atom. The Morgan fingerprint density at radius 1 is 1.08 bits per heavy atom. The number of anilines is 1. The van der Waals surface area contributed by atoms with Crippen molar-refractivity contribution in [3.8, 4) is 0 Å². The van der Waals surface area contributed by atoms with Gasteiger partial charge in [0.15, 0.2) is 0 Å². The van der Waals surface area contributed by atoms with Crippen molar-refractivity contribution in [2.75, 3.05) is 24.5 Å². The minimum Gasteiger partial charge on any atom is -0.481 e. The molecule has 0 aromatic heterocycles. The van der Waals surface area contributed by atoms with Crippen LogP contribution < -0.4 is 4.90 Å². The number of rotatable bonds is 4. The molecule has 0 bridgehead atoms. The maximum atomic E-state index is 12.6. The third-order valence-electron chi connectivity index (χ3n) is 4.58. The lowest BCUT2D eigenvalue weighted by Gasteiger charge is -2.26. The fourth-order valence-electron chi connectivity index (χ4n) is 3.17. The van der Waals surface area contributed by atoms with Crippen molar-refractivity contribution in [2.24, 2.45) is 5.92 Å². The first-order chi connectivity index (χ1) is 11.4. The van der Waals surface area contributed by atoms with E-state index in [0.29, 0.717) is 18.8 Å². The smallest absolute Gasteiger partial charge is 0.308 e. The molecule has 2 saturated heterocycles. The van der Waals surface area contributed by atoms with E-state index in [1.807, 2.05) is 0 Å². The average molecular weight is 352 g/mol. The molecule has 1 N–H and O–H groups in total. The Bertz CT molecular complexity index is 738. The van der Waals surface area contributed by atoms with E-state index < -0.39 is 21.9 Å². The summed E-state index contributed by atoms with van der Waals surface area (Å²) in [6.45, 7) is 1.19. The third kappa shape index (κ3) is 3.16. The lowest BCUT2D eigenvalue weighted by atomic mass is 10.1. The van der Waals surface area contributed by atoms with Gasteiger partial charge in [-0.1, -0.05) is 6.42 Å². The highest BCUT2D eigenvalue weighted by atomic mass is 32.2. The standard InChI is InChI=1S/C16H20N2O5S/c19-15-10-12(16(20)21)11-18(15)13-4-6-14(7-5-13)24(22,23)17-8-2-1-3-9-17/h4-7,12H,1-3,8-11H2,(H,20,21)/t12-/m0/s1. The molecule has 1 aromatic carbocycles. The summed E-state index contributed by atoms with van der Waals surface area (Å²) in [7, 11) is -3.50. The second-order valence-corrected chi connectivity index (χ2v) is 8.14. The molecular weight excluding hydrogens is 332 g/mol. The number of nitrogens with zero attached hydrogens (tertiary/aromatic N) is 2. The molecule has 0 radical (unpaired) electrons. The molecule has 130 valence electrons. The van der Waals surface area contributed by atoms with Crippen LogP contribution in [0.5, 0.6) is 0 Å². The summed E-state index contributed by atoms with van der Waals surface area (Å²) in [6, 6.07) is 6.11. The number of carbonyl (C=O) groups is 2. The zero-order valence-electron chi connectivity index (χ0n) is 13.2. The Balaban J connectivity index is 1.78. The number of hydrogen-bond donors (Lipinski definition) is 1. The molecule has 0 saturated carbocycles. The van der Waals surface area contributed by atoms with Crippen LogP contribution in [0.1, 0.15) is 25.7 Å². The first-order valence-electron chi connectivity index (χ1n) is 8.03. The molecule has 1 aromatic rings. The van der Waals surface area contributed by atoms with E-state index in [2.05, 4.69) is 0 Å². The highest BCUT2D eigenvalue weighted by Crippen LogP contribution is 2.27. The molecule has 0 aliphatic carbocycles. The van der Waals surface area contributed by atoms with Crippen molar-refractivity contribution in [1.82, 2.24) is 4.31 Å². The molecule has 1 amide bonds. The molecule has 1 atom stereocenters. The lowest BCUT2D eigenvalue weighted by molar-refractivity contribution is -0.141. The predicted molar refractivity (Wildman–Crippen MR) is 87.1 cm³/mol. The van der Waals surface area contributed by atoms with Crippen molar-refractivity contribution in [1.29, 1.82) is 0 Å². The Labute approximate surface area is 140 Å². The number of carboxylic acid groups (broad SMARTS) is 1. The third-order valence-corrected chi connectivity index (χ3v) is 6.49. The van der Waals surface area contributed by atoms with Crippen LogP contribution in [0.25, 0.3) is 0 Å². The van der Waals surface area contributed by atoms with Crippen molar-refractivity contribution in [3.63, 3.8) is 0 Å². The Kier molecular flexibility index (Phi) is 4.60. The van der Waals surface area contributed by atoms with Crippen molar-refractivity contribution in [3.05, 3.63) is 24.3 Å². The average Bonchev–Trinajstić information content (AvgIpc) is 2.98. The minimum absolute atomic E-state index is 0.0246. The first kappa shape index (κ1) is 16.9. The van der Waals surface area contributed by atoms with E-state index >= 15 is 0 Å². The van der Waals surface area contributed by atoms with E-state index in [9.17, 15) is 18.0 Å².